The van der Waals surface area contributed by atoms with Crippen LogP contribution in [0.5, 0.6) is 0 Å². The van der Waals surface area contributed by atoms with Crippen molar-refractivity contribution in [2.45, 2.75) is 5.79 Å². The molecule has 12 heavy (non-hydrogen) atoms. The molecule has 1 aliphatic carbocycles. The molecule has 0 fully saturated rings. The average molecular weight is 184 g/mol. The first-order valence-corrected chi connectivity index (χ1v) is 2.84. The lowest BCUT2D eigenvalue weighted by Crippen LogP contribution is -2.30. The molecule has 0 radical (unpaired) electrons. The van der Waals surface area contributed by atoms with Crippen LogP contribution in [0.3, 0.4) is 0 Å². The van der Waals surface area contributed by atoms with E-state index in [1.54, 1.807) is 0 Å². The van der Waals surface area contributed by atoms with E-state index in [-0.39, 0.29) is 0 Å². The van der Waals surface area contributed by atoms with Crippen LogP contribution in [0.15, 0.2) is 23.3 Å². The highest BCUT2D eigenvalue weighted by molar-refractivity contribution is 5.41. The van der Waals surface area contributed by atoms with Gasteiger partial charge in [-0.1, -0.05) is 0 Å². The SMILES string of the molecule is COC1(O)C(F)=C(F)C(F)=C1F. The fraction of sp³-hybridized carbons (Fsp3) is 0.333. The molecule has 0 bridgehead atoms. The maximum Gasteiger partial charge on any atom is 0.280 e. The summed E-state index contributed by atoms with van der Waals surface area (Å²) < 4.78 is 53.3. The Kier molecular flexibility index (Phi) is 1.97. The van der Waals surface area contributed by atoms with E-state index < -0.39 is 29.1 Å². The summed E-state index contributed by atoms with van der Waals surface area (Å²) in [4.78, 5) is 0. The fourth-order valence-electron chi connectivity index (χ4n) is 0.766. The van der Waals surface area contributed by atoms with Crippen molar-refractivity contribution in [3.63, 3.8) is 0 Å². The summed E-state index contributed by atoms with van der Waals surface area (Å²) in [6.45, 7) is 0. The van der Waals surface area contributed by atoms with E-state index in [1.807, 2.05) is 0 Å². The van der Waals surface area contributed by atoms with Crippen LogP contribution < -0.4 is 0 Å². The van der Waals surface area contributed by atoms with Crippen molar-refractivity contribution < 1.29 is 27.4 Å². The maximum absolute atomic E-state index is 12.5. The van der Waals surface area contributed by atoms with Crippen molar-refractivity contribution in [2.24, 2.45) is 0 Å². The standard InChI is InChI=1S/C6H4F4O2/c1-12-6(11)4(9)2(7)3(8)5(6)10/h11H,1H3. The number of methoxy groups -OCH3 is 1. The molecule has 0 aromatic heterocycles. The lowest BCUT2D eigenvalue weighted by molar-refractivity contribution is -0.149. The van der Waals surface area contributed by atoms with Crippen LogP contribution in [-0.4, -0.2) is 18.0 Å². The number of allylic oxidation sites excluding steroid dienone is 2. The van der Waals surface area contributed by atoms with Crippen LogP contribution in [-0.2, 0) is 4.74 Å². The largest absolute Gasteiger partial charge is 0.354 e. The summed E-state index contributed by atoms with van der Waals surface area (Å²) in [5, 5.41) is 8.81. The third-order valence-corrected chi connectivity index (χ3v) is 1.47. The molecule has 68 valence electrons. The summed E-state index contributed by atoms with van der Waals surface area (Å²) in [6.07, 6.45) is 0. The normalized spacial score (nSPS) is 22.5. The van der Waals surface area contributed by atoms with Gasteiger partial charge in [0.1, 0.15) is 0 Å². The molecule has 0 aromatic carbocycles. The lowest BCUT2D eigenvalue weighted by Gasteiger charge is -2.17. The van der Waals surface area contributed by atoms with Crippen molar-refractivity contribution in [1.82, 2.24) is 0 Å². The summed E-state index contributed by atoms with van der Waals surface area (Å²) in [5.41, 5.74) is 0. The van der Waals surface area contributed by atoms with Gasteiger partial charge in [0, 0.05) is 7.11 Å². The van der Waals surface area contributed by atoms with E-state index in [4.69, 9.17) is 5.11 Å². The van der Waals surface area contributed by atoms with E-state index in [1.165, 1.54) is 0 Å². The van der Waals surface area contributed by atoms with Gasteiger partial charge >= 0.3 is 0 Å². The monoisotopic (exact) mass is 184 g/mol. The number of aliphatic hydroxyl groups is 1. The summed E-state index contributed by atoms with van der Waals surface area (Å²) >= 11 is 0. The molecule has 0 amide bonds. The molecule has 2 nitrogen and oxygen atoms in total. The molecular formula is C6H4F4O2. The van der Waals surface area contributed by atoms with E-state index >= 15 is 0 Å². The number of rotatable bonds is 1. The van der Waals surface area contributed by atoms with Crippen LogP contribution in [0.4, 0.5) is 17.6 Å². The highest BCUT2D eigenvalue weighted by Crippen LogP contribution is 2.43. The molecule has 1 rings (SSSR count). The van der Waals surface area contributed by atoms with Gasteiger partial charge in [0.05, 0.1) is 0 Å². The van der Waals surface area contributed by atoms with Crippen LogP contribution in [0.1, 0.15) is 0 Å². The van der Waals surface area contributed by atoms with Gasteiger partial charge in [-0.05, 0) is 0 Å². The molecule has 1 aliphatic rings. The Morgan fingerprint density at radius 1 is 1.08 bits per heavy atom. The predicted molar refractivity (Wildman–Crippen MR) is 30.4 cm³/mol. The molecule has 0 heterocycles. The van der Waals surface area contributed by atoms with E-state index in [2.05, 4.69) is 4.74 Å². The molecule has 0 saturated heterocycles. The Labute approximate surface area is 64.7 Å². The van der Waals surface area contributed by atoms with Crippen molar-refractivity contribution in [3.8, 4) is 0 Å². The first-order chi connectivity index (χ1) is 5.45. The topological polar surface area (TPSA) is 29.5 Å². The molecule has 0 spiro atoms. The zero-order chi connectivity index (χ0) is 9.52. The van der Waals surface area contributed by atoms with Crippen LogP contribution in [0.2, 0.25) is 0 Å². The first kappa shape index (κ1) is 9.21. The molecular weight excluding hydrogens is 180 g/mol. The molecule has 1 N–H and O–H groups in total. The van der Waals surface area contributed by atoms with E-state index in [0.717, 1.165) is 0 Å². The molecule has 0 atom stereocenters. The van der Waals surface area contributed by atoms with E-state index in [0.29, 0.717) is 7.11 Å². The predicted octanol–water partition coefficient (Wildman–Crippen LogP) is 1.64. The van der Waals surface area contributed by atoms with Crippen LogP contribution >= 0.6 is 0 Å². The Bertz CT molecular complexity index is 257. The molecule has 6 heteroatoms. The van der Waals surface area contributed by atoms with Gasteiger partial charge < -0.3 is 9.84 Å². The highest BCUT2D eigenvalue weighted by atomic mass is 19.2. The number of hydrogen-bond donors (Lipinski definition) is 1. The minimum absolute atomic E-state index is 0.713. The van der Waals surface area contributed by atoms with Crippen molar-refractivity contribution in [2.75, 3.05) is 7.11 Å². The van der Waals surface area contributed by atoms with Gasteiger partial charge in [-0.2, -0.15) is 0 Å². The first-order valence-electron chi connectivity index (χ1n) is 2.84. The number of hydrogen-bond acceptors (Lipinski definition) is 2. The summed E-state index contributed by atoms with van der Waals surface area (Å²) in [5.74, 6) is -11.4. The Hall–Kier alpha value is -0.880. The van der Waals surface area contributed by atoms with Gasteiger partial charge in [-0.15, -0.1) is 0 Å². The zero-order valence-corrected chi connectivity index (χ0v) is 5.87. The minimum atomic E-state index is -3.23. The zero-order valence-electron chi connectivity index (χ0n) is 5.87. The number of halogens is 4. The maximum atomic E-state index is 12.5. The molecule has 0 saturated carbocycles. The van der Waals surface area contributed by atoms with Gasteiger partial charge in [-0.3, -0.25) is 0 Å². The average Bonchev–Trinajstić information content (AvgIpc) is 2.22. The lowest BCUT2D eigenvalue weighted by atomic mass is 10.3. The molecule has 0 aliphatic heterocycles. The second-order valence-electron chi connectivity index (χ2n) is 2.10. The number of ether oxygens (including phenoxy) is 1. The minimum Gasteiger partial charge on any atom is -0.354 e. The third-order valence-electron chi connectivity index (χ3n) is 1.47. The van der Waals surface area contributed by atoms with E-state index in [9.17, 15) is 17.6 Å². The highest BCUT2D eigenvalue weighted by Gasteiger charge is 2.50. The summed E-state index contributed by atoms with van der Waals surface area (Å²) in [6, 6.07) is 0. The summed E-state index contributed by atoms with van der Waals surface area (Å²) in [7, 11) is 0.713. The van der Waals surface area contributed by atoms with Crippen molar-refractivity contribution >= 4 is 0 Å². The van der Waals surface area contributed by atoms with Crippen LogP contribution in [0.25, 0.3) is 0 Å². The van der Waals surface area contributed by atoms with Gasteiger partial charge in [0.25, 0.3) is 5.79 Å². The molecule has 0 aromatic rings. The van der Waals surface area contributed by atoms with Crippen LogP contribution in [0, 0.1) is 0 Å². The van der Waals surface area contributed by atoms with Gasteiger partial charge in [-0.25, -0.2) is 17.6 Å². The second kappa shape index (κ2) is 2.56. The van der Waals surface area contributed by atoms with Crippen molar-refractivity contribution in [1.29, 1.82) is 0 Å². The van der Waals surface area contributed by atoms with Gasteiger partial charge in [0.2, 0.25) is 11.7 Å². The fourth-order valence-corrected chi connectivity index (χ4v) is 0.766. The second-order valence-corrected chi connectivity index (χ2v) is 2.10. The smallest absolute Gasteiger partial charge is 0.280 e. The third kappa shape index (κ3) is 0.881. The van der Waals surface area contributed by atoms with Crippen molar-refractivity contribution in [3.05, 3.63) is 23.3 Å². The molecule has 0 unspecified atom stereocenters. The Balaban J connectivity index is 3.25. The quantitative estimate of drug-likeness (QED) is 0.495. The Morgan fingerprint density at radius 2 is 1.42 bits per heavy atom. The Morgan fingerprint density at radius 3 is 1.58 bits per heavy atom. The van der Waals surface area contributed by atoms with Gasteiger partial charge in [0.15, 0.2) is 11.7 Å².